The predicted octanol–water partition coefficient (Wildman–Crippen LogP) is 3.45. The summed E-state index contributed by atoms with van der Waals surface area (Å²) in [4.78, 5) is 10.8. The third-order valence-electron chi connectivity index (χ3n) is 3.38. The Morgan fingerprint density at radius 3 is 2.71 bits per heavy atom. The predicted molar refractivity (Wildman–Crippen MR) is 70.5 cm³/mol. The normalized spacial score (nSPS) is 11.2. The molecule has 3 aromatic rings. The molecule has 1 heterocycles. The number of hydrogen-bond acceptors (Lipinski definition) is 1. The SMILES string of the molecule is Cc1cccc2c3ccc(C=O)cc3n(C)c12. The van der Waals surface area contributed by atoms with Gasteiger partial charge in [-0.25, -0.2) is 0 Å². The number of nitrogens with zero attached hydrogens (tertiary/aromatic N) is 1. The van der Waals surface area contributed by atoms with Crippen molar-refractivity contribution in [2.24, 2.45) is 7.05 Å². The molecule has 0 radical (unpaired) electrons. The van der Waals surface area contributed by atoms with Crippen LogP contribution in [0.25, 0.3) is 21.8 Å². The molecule has 2 heteroatoms. The van der Waals surface area contributed by atoms with Crippen LogP contribution in [0.5, 0.6) is 0 Å². The molecule has 0 saturated heterocycles. The summed E-state index contributed by atoms with van der Waals surface area (Å²) in [5, 5.41) is 2.46. The van der Waals surface area contributed by atoms with Crippen LogP contribution in [0, 0.1) is 6.92 Å². The summed E-state index contributed by atoms with van der Waals surface area (Å²) < 4.78 is 2.16. The van der Waals surface area contributed by atoms with Crippen molar-refractivity contribution in [3.05, 3.63) is 47.5 Å². The molecular formula is C15H13NO. The van der Waals surface area contributed by atoms with E-state index in [0.29, 0.717) is 0 Å². The van der Waals surface area contributed by atoms with Crippen molar-refractivity contribution in [3.8, 4) is 0 Å². The van der Waals surface area contributed by atoms with Crippen molar-refractivity contribution < 1.29 is 4.79 Å². The molecule has 0 aliphatic rings. The molecule has 0 aliphatic carbocycles. The molecule has 2 nitrogen and oxygen atoms in total. The smallest absolute Gasteiger partial charge is 0.150 e. The van der Waals surface area contributed by atoms with Crippen molar-refractivity contribution in [3.63, 3.8) is 0 Å². The van der Waals surface area contributed by atoms with Crippen LogP contribution >= 0.6 is 0 Å². The Labute approximate surface area is 99.5 Å². The molecule has 17 heavy (non-hydrogen) atoms. The molecule has 84 valence electrons. The highest BCUT2D eigenvalue weighted by atomic mass is 16.1. The molecule has 3 rings (SSSR count). The minimum atomic E-state index is 0.723. The highest BCUT2D eigenvalue weighted by Crippen LogP contribution is 2.30. The summed E-state index contributed by atoms with van der Waals surface area (Å²) in [6.07, 6.45) is 0.893. The lowest BCUT2D eigenvalue weighted by atomic mass is 10.1. The average Bonchev–Trinajstić information content (AvgIpc) is 2.64. The maximum atomic E-state index is 10.8. The van der Waals surface area contributed by atoms with Gasteiger partial charge in [-0.15, -0.1) is 0 Å². The van der Waals surface area contributed by atoms with Gasteiger partial charge in [-0.1, -0.05) is 30.3 Å². The number of hydrogen-bond donors (Lipinski definition) is 0. The average molecular weight is 223 g/mol. The highest BCUT2D eigenvalue weighted by molar-refractivity contribution is 6.09. The third kappa shape index (κ3) is 1.30. The summed E-state index contributed by atoms with van der Waals surface area (Å²) in [7, 11) is 2.05. The standard InChI is InChI=1S/C15H13NO/c1-10-4-3-5-13-12-7-6-11(9-17)8-14(12)16(2)15(10)13/h3-9H,1-2H3. The van der Waals surface area contributed by atoms with Gasteiger partial charge in [0.25, 0.3) is 0 Å². The first-order chi connectivity index (χ1) is 8.22. The van der Waals surface area contributed by atoms with Crippen LogP contribution in [0.1, 0.15) is 15.9 Å². The van der Waals surface area contributed by atoms with Crippen LogP contribution < -0.4 is 0 Å². The van der Waals surface area contributed by atoms with E-state index in [1.54, 1.807) is 0 Å². The van der Waals surface area contributed by atoms with Gasteiger partial charge in [0.2, 0.25) is 0 Å². The van der Waals surface area contributed by atoms with Crippen molar-refractivity contribution in [2.45, 2.75) is 6.92 Å². The van der Waals surface area contributed by atoms with E-state index in [1.807, 2.05) is 25.2 Å². The van der Waals surface area contributed by atoms with E-state index >= 15 is 0 Å². The first kappa shape index (κ1) is 10.1. The summed E-state index contributed by atoms with van der Waals surface area (Å²) >= 11 is 0. The summed E-state index contributed by atoms with van der Waals surface area (Å²) in [5.41, 5.74) is 4.33. The fourth-order valence-electron chi connectivity index (χ4n) is 2.57. The van der Waals surface area contributed by atoms with Crippen LogP contribution in [0.4, 0.5) is 0 Å². The Bertz CT molecular complexity index is 737. The van der Waals surface area contributed by atoms with Gasteiger partial charge in [-0.2, -0.15) is 0 Å². The third-order valence-corrected chi connectivity index (χ3v) is 3.38. The zero-order chi connectivity index (χ0) is 12.0. The van der Waals surface area contributed by atoms with E-state index in [0.717, 1.165) is 17.4 Å². The first-order valence-corrected chi connectivity index (χ1v) is 5.65. The molecule has 0 spiro atoms. The Hall–Kier alpha value is -2.09. The van der Waals surface area contributed by atoms with Gasteiger partial charge in [-0.3, -0.25) is 4.79 Å². The number of benzene rings is 2. The van der Waals surface area contributed by atoms with E-state index in [-0.39, 0.29) is 0 Å². The van der Waals surface area contributed by atoms with Gasteiger partial charge in [0.05, 0.1) is 5.52 Å². The first-order valence-electron chi connectivity index (χ1n) is 5.65. The van der Waals surface area contributed by atoms with Gasteiger partial charge >= 0.3 is 0 Å². The van der Waals surface area contributed by atoms with E-state index in [9.17, 15) is 4.79 Å². The van der Waals surface area contributed by atoms with E-state index < -0.39 is 0 Å². The topological polar surface area (TPSA) is 22.0 Å². The van der Waals surface area contributed by atoms with Crippen molar-refractivity contribution in [1.29, 1.82) is 0 Å². The van der Waals surface area contributed by atoms with Crippen LogP contribution in [0.3, 0.4) is 0 Å². The Morgan fingerprint density at radius 2 is 1.94 bits per heavy atom. The molecule has 0 fully saturated rings. The second kappa shape index (κ2) is 3.45. The molecule has 0 aliphatic heterocycles. The zero-order valence-corrected chi connectivity index (χ0v) is 9.90. The summed E-state index contributed by atoms with van der Waals surface area (Å²) in [6.45, 7) is 2.11. The second-order valence-corrected chi connectivity index (χ2v) is 4.42. The molecule has 0 unspecified atom stereocenters. The van der Waals surface area contributed by atoms with Crippen molar-refractivity contribution in [1.82, 2.24) is 4.57 Å². The van der Waals surface area contributed by atoms with E-state index in [1.165, 1.54) is 21.9 Å². The van der Waals surface area contributed by atoms with Crippen LogP contribution in [0.2, 0.25) is 0 Å². The van der Waals surface area contributed by atoms with Crippen LogP contribution in [0.15, 0.2) is 36.4 Å². The Kier molecular flexibility index (Phi) is 2.05. The van der Waals surface area contributed by atoms with Gasteiger partial charge in [0.1, 0.15) is 6.29 Å². The fraction of sp³-hybridized carbons (Fsp3) is 0.133. The fourth-order valence-corrected chi connectivity index (χ4v) is 2.57. The molecular weight excluding hydrogens is 210 g/mol. The summed E-state index contributed by atoms with van der Waals surface area (Å²) in [5.74, 6) is 0. The van der Waals surface area contributed by atoms with Gasteiger partial charge in [0, 0.05) is 28.9 Å². The Balaban J connectivity index is 2.58. The van der Waals surface area contributed by atoms with E-state index in [4.69, 9.17) is 0 Å². The lowest BCUT2D eigenvalue weighted by molar-refractivity contribution is 0.112. The number of rotatable bonds is 1. The molecule has 0 atom stereocenters. The van der Waals surface area contributed by atoms with Gasteiger partial charge in [-0.05, 0) is 18.6 Å². The largest absolute Gasteiger partial charge is 0.343 e. The molecule has 0 amide bonds. The van der Waals surface area contributed by atoms with Crippen LogP contribution in [-0.4, -0.2) is 10.9 Å². The zero-order valence-electron chi connectivity index (χ0n) is 9.90. The lowest BCUT2D eigenvalue weighted by Gasteiger charge is -2.00. The van der Waals surface area contributed by atoms with Crippen molar-refractivity contribution >= 4 is 28.1 Å². The van der Waals surface area contributed by atoms with E-state index in [2.05, 4.69) is 29.7 Å². The maximum Gasteiger partial charge on any atom is 0.150 e. The number of aldehydes is 1. The monoisotopic (exact) mass is 223 g/mol. The number of fused-ring (bicyclic) bond motifs is 3. The second-order valence-electron chi connectivity index (χ2n) is 4.42. The maximum absolute atomic E-state index is 10.8. The molecule has 0 bridgehead atoms. The number of aromatic nitrogens is 1. The van der Waals surface area contributed by atoms with Crippen molar-refractivity contribution in [2.75, 3.05) is 0 Å². The molecule has 1 aromatic heterocycles. The van der Waals surface area contributed by atoms with Gasteiger partial charge in [0.15, 0.2) is 0 Å². The van der Waals surface area contributed by atoms with Gasteiger partial charge < -0.3 is 4.57 Å². The number of carbonyl (C=O) groups excluding carboxylic acids is 1. The summed E-state index contributed by atoms with van der Waals surface area (Å²) in [6, 6.07) is 12.2. The molecule has 0 saturated carbocycles. The molecule has 0 N–H and O–H groups in total. The molecule has 2 aromatic carbocycles. The number of para-hydroxylation sites is 1. The quantitative estimate of drug-likeness (QED) is 0.579. The number of aryl methyl sites for hydroxylation is 2. The number of carbonyl (C=O) groups is 1. The highest BCUT2D eigenvalue weighted by Gasteiger charge is 2.09. The van der Waals surface area contributed by atoms with Crippen LogP contribution in [-0.2, 0) is 7.05 Å². The minimum absolute atomic E-state index is 0.723. The Morgan fingerprint density at radius 1 is 1.12 bits per heavy atom. The minimum Gasteiger partial charge on any atom is -0.343 e. The lowest BCUT2D eigenvalue weighted by Crippen LogP contribution is -1.89.